The fourth-order valence-corrected chi connectivity index (χ4v) is 7.74. The van der Waals surface area contributed by atoms with Crippen LogP contribution >= 0.6 is 0 Å². The number of carbonyl (C=O) groups is 3. The smallest absolute Gasteiger partial charge is 0.306 e. The van der Waals surface area contributed by atoms with Gasteiger partial charge in [-0.2, -0.15) is 0 Å². The van der Waals surface area contributed by atoms with Gasteiger partial charge in [0.25, 0.3) is 0 Å². The summed E-state index contributed by atoms with van der Waals surface area (Å²) < 4.78 is 16.7. The van der Waals surface area contributed by atoms with E-state index in [2.05, 4.69) is 20.8 Å². The van der Waals surface area contributed by atoms with Crippen LogP contribution in [-0.4, -0.2) is 37.2 Å². The van der Waals surface area contributed by atoms with Gasteiger partial charge in [-0.1, -0.05) is 252 Å². The largest absolute Gasteiger partial charge is 0.462 e. The molecule has 0 aromatic carbocycles. The lowest BCUT2D eigenvalue weighted by Crippen LogP contribution is -2.30. The normalized spacial score (nSPS) is 11.8. The Bertz CT molecular complexity index is 844. The van der Waals surface area contributed by atoms with Crippen LogP contribution in [-0.2, 0) is 28.6 Å². The molecule has 1 atom stereocenters. The van der Waals surface area contributed by atoms with E-state index < -0.39 is 6.10 Å². The number of hydrogen-bond donors (Lipinski definition) is 0. The average molecular weight is 807 g/mol. The summed E-state index contributed by atoms with van der Waals surface area (Å²) in [7, 11) is 0. The molecule has 0 saturated carbocycles. The fourth-order valence-electron chi connectivity index (χ4n) is 7.74. The predicted molar refractivity (Wildman–Crippen MR) is 243 cm³/mol. The van der Waals surface area contributed by atoms with Crippen LogP contribution in [0.15, 0.2) is 0 Å². The first kappa shape index (κ1) is 55.4. The lowest BCUT2D eigenvalue weighted by Gasteiger charge is -2.18. The minimum atomic E-state index is -0.757. The molecule has 0 spiro atoms. The molecular weight excluding hydrogens is 709 g/mol. The predicted octanol–water partition coefficient (Wildman–Crippen LogP) is 16.4. The summed E-state index contributed by atoms with van der Waals surface area (Å²) in [6.07, 6.45) is 49.9. The molecule has 0 rings (SSSR count). The molecule has 0 amide bonds. The number of esters is 3. The van der Waals surface area contributed by atoms with Crippen molar-refractivity contribution in [3.05, 3.63) is 0 Å². The van der Waals surface area contributed by atoms with Gasteiger partial charge in [0.15, 0.2) is 6.10 Å². The van der Waals surface area contributed by atoms with E-state index in [1.54, 1.807) is 0 Å². The Hall–Kier alpha value is -1.59. The van der Waals surface area contributed by atoms with Crippen molar-refractivity contribution in [3.63, 3.8) is 0 Å². The van der Waals surface area contributed by atoms with E-state index in [1.165, 1.54) is 193 Å². The van der Waals surface area contributed by atoms with Crippen molar-refractivity contribution in [3.8, 4) is 0 Å². The lowest BCUT2D eigenvalue weighted by molar-refractivity contribution is -0.167. The van der Waals surface area contributed by atoms with E-state index in [9.17, 15) is 14.4 Å². The second kappa shape index (κ2) is 47.1. The topological polar surface area (TPSA) is 78.9 Å². The van der Waals surface area contributed by atoms with Gasteiger partial charge >= 0.3 is 17.9 Å². The van der Waals surface area contributed by atoms with Gasteiger partial charge in [-0.15, -0.1) is 0 Å². The summed E-state index contributed by atoms with van der Waals surface area (Å²) in [4.78, 5) is 37.6. The van der Waals surface area contributed by atoms with Gasteiger partial charge in [-0.3, -0.25) is 14.4 Å². The first-order valence-electron chi connectivity index (χ1n) is 25.5. The number of carbonyl (C=O) groups excluding carboxylic acids is 3. The number of rotatable bonds is 47. The molecule has 0 aliphatic heterocycles. The lowest BCUT2D eigenvalue weighted by atomic mass is 10.0. The van der Waals surface area contributed by atoms with Gasteiger partial charge < -0.3 is 14.2 Å². The summed E-state index contributed by atoms with van der Waals surface area (Å²) in [6.45, 7) is 6.60. The Morgan fingerprint density at radius 2 is 0.474 bits per heavy atom. The Kier molecular flexibility index (Phi) is 45.8. The van der Waals surface area contributed by atoms with E-state index in [0.29, 0.717) is 19.3 Å². The quantitative estimate of drug-likeness (QED) is 0.0346. The van der Waals surface area contributed by atoms with Crippen LogP contribution in [0.2, 0.25) is 0 Å². The van der Waals surface area contributed by atoms with Gasteiger partial charge in [0.1, 0.15) is 13.2 Å². The van der Waals surface area contributed by atoms with Crippen molar-refractivity contribution in [1.29, 1.82) is 0 Å². The average Bonchev–Trinajstić information content (AvgIpc) is 3.21. The fraction of sp³-hybridized carbons (Fsp3) is 0.941. The number of ether oxygens (including phenoxy) is 3. The summed E-state index contributed by atoms with van der Waals surface area (Å²) in [5.74, 6) is -0.859. The Balaban J connectivity index is 4.01. The highest BCUT2D eigenvalue weighted by Gasteiger charge is 2.19. The molecule has 57 heavy (non-hydrogen) atoms. The number of unbranched alkanes of at least 4 members (excludes halogenated alkanes) is 36. The van der Waals surface area contributed by atoms with Crippen LogP contribution < -0.4 is 0 Å². The maximum Gasteiger partial charge on any atom is 0.306 e. The highest BCUT2D eigenvalue weighted by molar-refractivity contribution is 5.71. The SMILES string of the molecule is CCCCCCCCCCCCCCCCCCCCCCCCCC(=O)OCC(COC(=O)CCCCCCCC)OC(=O)CCCCCCCCCCCC. The minimum absolute atomic E-state index is 0.0632. The zero-order valence-corrected chi connectivity index (χ0v) is 38.6. The third-order valence-electron chi connectivity index (χ3n) is 11.6. The van der Waals surface area contributed by atoms with Crippen molar-refractivity contribution >= 4 is 17.9 Å². The van der Waals surface area contributed by atoms with Crippen LogP contribution in [0, 0.1) is 0 Å². The second-order valence-electron chi connectivity index (χ2n) is 17.5. The van der Waals surface area contributed by atoms with Gasteiger partial charge in [0, 0.05) is 19.3 Å². The molecule has 0 fully saturated rings. The molecule has 0 saturated heterocycles. The third-order valence-corrected chi connectivity index (χ3v) is 11.6. The third kappa shape index (κ3) is 45.3. The van der Waals surface area contributed by atoms with Crippen molar-refractivity contribution in [2.75, 3.05) is 13.2 Å². The summed E-state index contributed by atoms with van der Waals surface area (Å²) in [6, 6.07) is 0. The zero-order chi connectivity index (χ0) is 41.5. The second-order valence-corrected chi connectivity index (χ2v) is 17.5. The first-order chi connectivity index (χ1) is 28.0. The van der Waals surface area contributed by atoms with E-state index in [0.717, 1.165) is 57.8 Å². The molecule has 0 heterocycles. The van der Waals surface area contributed by atoms with Gasteiger partial charge in [-0.25, -0.2) is 0 Å². The van der Waals surface area contributed by atoms with Crippen LogP contribution in [0.4, 0.5) is 0 Å². The Morgan fingerprint density at radius 3 is 0.702 bits per heavy atom. The van der Waals surface area contributed by atoms with Crippen LogP contribution in [0.25, 0.3) is 0 Å². The maximum absolute atomic E-state index is 12.7. The van der Waals surface area contributed by atoms with Gasteiger partial charge in [0.05, 0.1) is 0 Å². The maximum atomic E-state index is 12.7. The number of hydrogen-bond acceptors (Lipinski definition) is 6. The van der Waals surface area contributed by atoms with Crippen molar-refractivity contribution < 1.29 is 28.6 Å². The van der Waals surface area contributed by atoms with Crippen LogP contribution in [0.1, 0.15) is 290 Å². The molecule has 338 valence electrons. The van der Waals surface area contributed by atoms with E-state index in [4.69, 9.17) is 14.2 Å². The Morgan fingerprint density at radius 1 is 0.281 bits per heavy atom. The van der Waals surface area contributed by atoms with Crippen LogP contribution in [0.5, 0.6) is 0 Å². The molecule has 6 nitrogen and oxygen atoms in total. The standard InChI is InChI=1S/C51H98O6/c1-4-7-10-13-16-18-20-21-22-23-24-25-26-27-28-29-30-31-32-34-35-38-41-44-50(53)56-47-48(46-55-49(52)43-40-37-15-12-9-6-3)57-51(54)45-42-39-36-33-19-17-14-11-8-5-2/h48H,4-47H2,1-3H3. The summed E-state index contributed by atoms with van der Waals surface area (Å²) in [5.41, 5.74) is 0. The molecule has 6 heteroatoms. The van der Waals surface area contributed by atoms with Gasteiger partial charge in [0.2, 0.25) is 0 Å². The van der Waals surface area contributed by atoms with Crippen molar-refractivity contribution in [1.82, 2.24) is 0 Å². The molecule has 0 aliphatic carbocycles. The molecule has 0 aromatic rings. The first-order valence-corrected chi connectivity index (χ1v) is 25.5. The molecule has 0 aromatic heterocycles. The molecule has 0 bridgehead atoms. The van der Waals surface area contributed by atoms with Crippen molar-refractivity contribution in [2.45, 2.75) is 297 Å². The highest BCUT2D eigenvalue weighted by Crippen LogP contribution is 2.17. The minimum Gasteiger partial charge on any atom is -0.462 e. The monoisotopic (exact) mass is 807 g/mol. The summed E-state index contributed by atoms with van der Waals surface area (Å²) >= 11 is 0. The van der Waals surface area contributed by atoms with Crippen molar-refractivity contribution in [2.24, 2.45) is 0 Å². The highest BCUT2D eigenvalue weighted by atomic mass is 16.6. The van der Waals surface area contributed by atoms with E-state index in [1.807, 2.05) is 0 Å². The zero-order valence-electron chi connectivity index (χ0n) is 38.6. The van der Waals surface area contributed by atoms with E-state index in [-0.39, 0.29) is 31.1 Å². The molecule has 1 unspecified atom stereocenters. The molecule has 0 radical (unpaired) electrons. The van der Waals surface area contributed by atoms with E-state index >= 15 is 0 Å². The molecular formula is C51H98O6. The molecule has 0 N–H and O–H groups in total. The van der Waals surface area contributed by atoms with Crippen LogP contribution in [0.3, 0.4) is 0 Å². The summed E-state index contributed by atoms with van der Waals surface area (Å²) in [5, 5.41) is 0. The van der Waals surface area contributed by atoms with Gasteiger partial charge in [-0.05, 0) is 19.3 Å². The Labute approximate surface area is 355 Å². The molecule has 0 aliphatic rings.